The molecule has 0 fully saturated rings. The first-order valence-corrected chi connectivity index (χ1v) is 12.3. The van der Waals surface area contributed by atoms with Gasteiger partial charge in [0.25, 0.3) is 5.91 Å². The molecule has 1 heterocycles. The molecule has 0 aliphatic heterocycles. The molecular weight excluding hydrogens is 529 g/mol. The summed E-state index contributed by atoms with van der Waals surface area (Å²) in [6.07, 6.45) is 0.498. The van der Waals surface area contributed by atoms with Crippen LogP contribution >= 0.6 is 46.1 Å². The van der Waals surface area contributed by atoms with Gasteiger partial charge < -0.3 is 15.2 Å². The molecule has 4 aromatic rings. The van der Waals surface area contributed by atoms with Gasteiger partial charge in [-0.25, -0.2) is 4.79 Å². The van der Waals surface area contributed by atoms with Crippen LogP contribution in [-0.2, 0) is 13.0 Å². The summed E-state index contributed by atoms with van der Waals surface area (Å²) in [6, 6.07) is 20.7. The number of thiophene rings is 1. The summed E-state index contributed by atoms with van der Waals surface area (Å²) in [5, 5.41) is 14.2. The third-order valence-corrected chi connectivity index (χ3v) is 7.10. The Morgan fingerprint density at radius 1 is 0.914 bits per heavy atom. The first kappa shape index (κ1) is 25.1. The van der Waals surface area contributed by atoms with Gasteiger partial charge >= 0.3 is 5.97 Å². The van der Waals surface area contributed by atoms with Crippen molar-refractivity contribution < 1.29 is 19.4 Å². The number of anilines is 1. The zero-order chi connectivity index (χ0) is 24.9. The van der Waals surface area contributed by atoms with Crippen molar-refractivity contribution in [2.75, 3.05) is 5.32 Å². The first-order chi connectivity index (χ1) is 16.8. The Morgan fingerprint density at radius 3 is 2.20 bits per heavy atom. The molecule has 0 atom stereocenters. The second-order valence-electron chi connectivity index (χ2n) is 7.53. The van der Waals surface area contributed by atoms with Crippen LogP contribution in [0.15, 0.2) is 72.8 Å². The maximum absolute atomic E-state index is 12.5. The number of rotatable bonds is 8. The fourth-order valence-corrected chi connectivity index (χ4v) is 5.00. The quantitative estimate of drug-likeness (QED) is 0.236. The van der Waals surface area contributed by atoms with E-state index in [2.05, 4.69) is 5.32 Å². The second kappa shape index (κ2) is 11.1. The van der Waals surface area contributed by atoms with E-state index in [0.717, 1.165) is 10.4 Å². The first-order valence-electron chi connectivity index (χ1n) is 10.4. The van der Waals surface area contributed by atoms with E-state index < -0.39 is 11.9 Å². The van der Waals surface area contributed by atoms with Gasteiger partial charge in [0.2, 0.25) is 0 Å². The van der Waals surface area contributed by atoms with E-state index in [1.807, 2.05) is 24.3 Å². The van der Waals surface area contributed by atoms with E-state index in [9.17, 15) is 14.7 Å². The third kappa shape index (κ3) is 6.35. The predicted octanol–water partition coefficient (Wildman–Crippen LogP) is 7.83. The zero-order valence-electron chi connectivity index (χ0n) is 18.1. The number of carbonyl (C=O) groups is 2. The summed E-state index contributed by atoms with van der Waals surface area (Å²) in [4.78, 5) is 25.1. The molecule has 1 amide bonds. The molecule has 0 spiro atoms. The number of carboxylic acids is 1. The Kier molecular flexibility index (Phi) is 7.98. The number of aromatic carboxylic acids is 1. The minimum atomic E-state index is -1.11. The standard InChI is InChI=1S/C26H18Cl3NO4S/c27-17-8-6-16(7-9-17)24(31)30-25-20(26(32)33)13-19(35-25)12-15-4-10-18(11-5-15)34-14-21-22(28)2-1-3-23(21)29/h1-11,13H,12,14H2,(H,30,31)(H,32,33). The van der Waals surface area contributed by atoms with Crippen molar-refractivity contribution in [1.82, 2.24) is 0 Å². The van der Waals surface area contributed by atoms with Crippen LogP contribution in [0.5, 0.6) is 5.75 Å². The fourth-order valence-electron chi connectivity index (χ4n) is 3.29. The summed E-state index contributed by atoms with van der Waals surface area (Å²) in [5.74, 6) is -0.864. The summed E-state index contributed by atoms with van der Waals surface area (Å²) in [5.41, 5.74) is 2.10. The number of nitrogens with one attached hydrogen (secondary N) is 1. The van der Waals surface area contributed by atoms with Crippen LogP contribution in [0.4, 0.5) is 5.00 Å². The Bertz CT molecular complexity index is 1350. The summed E-state index contributed by atoms with van der Waals surface area (Å²) in [7, 11) is 0. The number of carboxylic acid groups (broad SMARTS) is 1. The van der Waals surface area contributed by atoms with Crippen molar-refractivity contribution in [3.8, 4) is 5.75 Å². The Balaban J connectivity index is 1.43. The van der Waals surface area contributed by atoms with Crippen LogP contribution < -0.4 is 10.1 Å². The molecule has 0 saturated heterocycles. The van der Waals surface area contributed by atoms with Crippen molar-refractivity contribution in [3.63, 3.8) is 0 Å². The Labute approximate surface area is 220 Å². The van der Waals surface area contributed by atoms with Gasteiger partial charge in [-0.3, -0.25) is 4.79 Å². The lowest BCUT2D eigenvalue weighted by Crippen LogP contribution is -2.12. The molecule has 1 aromatic heterocycles. The molecule has 0 saturated carbocycles. The van der Waals surface area contributed by atoms with Crippen LogP contribution in [-0.4, -0.2) is 17.0 Å². The molecule has 0 unspecified atom stereocenters. The average Bonchev–Trinajstić information content (AvgIpc) is 3.22. The predicted molar refractivity (Wildman–Crippen MR) is 141 cm³/mol. The summed E-state index contributed by atoms with van der Waals surface area (Å²) >= 11 is 19.5. The Hall–Kier alpha value is -3.03. The molecule has 0 bridgehead atoms. The number of hydrogen-bond acceptors (Lipinski definition) is 4. The van der Waals surface area contributed by atoms with Gasteiger partial charge in [0.1, 0.15) is 17.4 Å². The van der Waals surface area contributed by atoms with Crippen LogP contribution in [0.25, 0.3) is 0 Å². The van der Waals surface area contributed by atoms with Gasteiger partial charge in [0.05, 0.1) is 5.56 Å². The number of ether oxygens (including phenoxy) is 1. The number of carbonyl (C=O) groups excluding carboxylic acids is 1. The van der Waals surface area contributed by atoms with E-state index in [1.165, 1.54) is 11.3 Å². The maximum atomic E-state index is 12.5. The van der Waals surface area contributed by atoms with Crippen LogP contribution in [0.2, 0.25) is 15.1 Å². The molecule has 3 aromatic carbocycles. The van der Waals surface area contributed by atoms with Crippen LogP contribution in [0, 0.1) is 0 Å². The summed E-state index contributed by atoms with van der Waals surface area (Å²) in [6.45, 7) is 0.238. The average molecular weight is 547 g/mol. The normalized spacial score (nSPS) is 10.7. The fraction of sp³-hybridized carbons (Fsp3) is 0.0769. The van der Waals surface area contributed by atoms with Gasteiger partial charge in [0, 0.05) is 37.5 Å². The van der Waals surface area contributed by atoms with Gasteiger partial charge in [-0.15, -0.1) is 11.3 Å². The minimum absolute atomic E-state index is 0.0453. The van der Waals surface area contributed by atoms with Crippen molar-refractivity contribution in [1.29, 1.82) is 0 Å². The monoisotopic (exact) mass is 545 g/mol. The topological polar surface area (TPSA) is 75.6 Å². The van der Waals surface area contributed by atoms with E-state index in [4.69, 9.17) is 39.5 Å². The van der Waals surface area contributed by atoms with Gasteiger partial charge in [-0.05, 0) is 60.2 Å². The molecular formula is C26H18Cl3NO4S. The van der Waals surface area contributed by atoms with E-state index in [0.29, 0.717) is 38.4 Å². The third-order valence-electron chi connectivity index (χ3n) is 5.09. The molecule has 178 valence electrons. The highest BCUT2D eigenvalue weighted by molar-refractivity contribution is 7.16. The highest BCUT2D eigenvalue weighted by Crippen LogP contribution is 2.31. The molecule has 9 heteroatoms. The van der Waals surface area contributed by atoms with Crippen molar-refractivity contribution in [2.45, 2.75) is 13.0 Å². The molecule has 0 aliphatic carbocycles. The van der Waals surface area contributed by atoms with E-state index in [1.54, 1.807) is 48.5 Å². The smallest absolute Gasteiger partial charge is 0.338 e. The minimum Gasteiger partial charge on any atom is -0.489 e. The second-order valence-corrected chi connectivity index (χ2v) is 9.92. The van der Waals surface area contributed by atoms with Gasteiger partial charge in [0.15, 0.2) is 0 Å². The lowest BCUT2D eigenvalue weighted by Gasteiger charge is -2.10. The lowest BCUT2D eigenvalue weighted by molar-refractivity contribution is 0.0698. The number of benzene rings is 3. The molecule has 5 nitrogen and oxygen atoms in total. The van der Waals surface area contributed by atoms with Crippen LogP contribution in [0.3, 0.4) is 0 Å². The SMILES string of the molecule is O=C(Nc1sc(Cc2ccc(OCc3c(Cl)cccc3Cl)cc2)cc1C(=O)O)c1ccc(Cl)cc1. The largest absolute Gasteiger partial charge is 0.489 e. The van der Waals surface area contributed by atoms with Gasteiger partial charge in [-0.2, -0.15) is 0 Å². The Morgan fingerprint density at radius 2 is 1.57 bits per heavy atom. The highest BCUT2D eigenvalue weighted by Gasteiger charge is 2.18. The van der Waals surface area contributed by atoms with Crippen molar-refractivity contribution in [2.24, 2.45) is 0 Å². The number of hydrogen-bond donors (Lipinski definition) is 2. The highest BCUT2D eigenvalue weighted by atomic mass is 35.5. The summed E-state index contributed by atoms with van der Waals surface area (Å²) < 4.78 is 5.81. The van der Waals surface area contributed by atoms with E-state index in [-0.39, 0.29) is 17.2 Å². The van der Waals surface area contributed by atoms with Gasteiger partial charge in [-0.1, -0.05) is 53.0 Å². The van der Waals surface area contributed by atoms with Crippen molar-refractivity contribution in [3.05, 3.63) is 115 Å². The zero-order valence-corrected chi connectivity index (χ0v) is 21.1. The van der Waals surface area contributed by atoms with E-state index >= 15 is 0 Å². The molecule has 4 rings (SSSR count). The molecule has 2 N–H and O–H groups in total. The lowest BCUT2D eigenvalue weighted by atomic mass is 10.1. The molecule has 0 radical (unpaired) electrons. The number of halogens is 3. The maximum Gasteiger partial charge on any atom is 0.338 e. The molecule has 0 aliphatic rings. The van der Waals surface area contributed by atoms with Crippen molar-refractivity contribution >= 4 is 63.0 Å². The molecule has 35 heavy (non-hydrogen) atoms. The number of amides is 1. The van der Waals surface area contributed by atoms with Crippen LogP contribution in [0.1, 0.15) is 36.7 Å².